The fraction of sp³-hybridized carbons (Fsp3) is 0.125. The molecule has 0 spiro atoms. The van der Waals surface area contributed by atoms with Gasteiger partial charge in [-0.15, -0.1) is 13.2 Å². The lowest BCUT2D eigenvalue weighted by molar-refractivity contribution is 0.102. The van der Waals surface area contributed by atoms with Crippen LogP contribution in [0.2, 0.25) is 0 Å². The Balaban J connectivity index is 1.58. The van der Waals surface area contributed by atoms with Crippen LogP contribution in [0, 0.1) is 12.7 Å². The summed E-state index contributed by atoms with van der Waals surface area (Å²) in [6, 6.07) is 11.6. The first-order chi connectivity index (χ1) is 16.7. The number of anilines is 1. The maximum Gasteiger partial charge on any atom is 0.256 e. The molecule has 180 valence electrons. The Bertz CT molecular complexity index is 1510. The van der Waals surface area contributed by atoms with E-state index >= 15 is 0 Å². The summed E-state index contributed by atoms with van der Waals surface area (Å²) in [4.78, 5) is 17.5. The second-order valence-electron chi connectivity index (χ2n) is 7.57. The molecule has 35 heavy (non-hydrogen) atoms. The Morgan fingerprint density at radius 3 is 2.49 bits per heavy atom. The van der Waals surface area contributed by atoms with Crippen LogP contribution in [-0.2, 0) is 10.0 Å². The number of hydrogen-bond donors (Lipinski definition) is 1. The molecule has 0 radical (unpaired) electrons. The van der Waals surface area contributed by atoms with E-state index in [0.29, 0.717) is 26.9 Å². The molecule has 1 amide bonds. The summed E-state index contributed by atoms with van der Waals surface area (Å²) in [7, 11) is -3.77. The summed E-state index contributed by atoms with van der Waals surface area (Å²) >= 11 is 1.24. The number of nitrogens with one attached hydrogen (secondary N) is 1. The van der Waals surface area contributed by atoms with Gasteiger partial charge in [0.2, 0.25) is 15.2 Å². The van der Waals surface area contributed by atoms with Crippen molar-refractivity contribution in [1.29, 1.82) is 0 Å². The lowest BCUT2D eigenvalue weighted by atomic mass is 10.2. The van der Waals surface area contributed by atoms with E-state index in [1.807, 2.05) is 0 Å². The number of sulfonamides is 1. The van der Waals surface area contributed by atoms with Crippen molar-refractivity contribution in [1.82, 2.24) is 19.1 Å². The zero-order chi connectivity index (χ0) is 25.2. The van der Waals surface area contributed by atoms with E-state index in [2.05, 4.69) is 28.6 Å². The quantitative estimate of drug-likeness (QED) is 0.333. The highest BCUT2D eigenvalue weighted by molar-refractivity contribution is 7.89. The van der Waals surface area contributed by atoms with Gasteiger partial charge in [0.1, 0.15) is 11.6 Å². The van der Waals surface area contributed by atoms with Crippen LogP contribution in [0.3, 0.4) is 0 Å². The molecule has 0 aliphatic heterocycles. The monoisotopic (exact) mass is 511 g/mol. The maximum atomic E-state index is 13.6. The van der Waals surface area contributed by atoms with E-state index in [1.54, 1.807) is 19.1 Å². The molecular weight excluding hydrogens is 489 g/mol. The number of carbonyl (C=O) groups is 1. The largest absolute Gasteiger partial charge is 0.306 e. The highest BCUT2D eigenvalue weighted by Gasteiger charge is 2.23. The molecule has 0 saturated heterocycles. The molecule has 0 bridgehead atoms. The van der Waals surface area contributed by atoms with Gasteiger partial charge in [-0.3, -0.25) is 4.79 Å². The third-order valence-corrected chi connectivity index (χ3v) is 7.85. The molecule has 8 nitrogen and oxygen atoms in total. The van der Waals surface area contributed by atoms with E-state index < -0.39 is 15.9 Å². The van der Waals surface area contributed by atoms with Crippen molar-refractivity contribution in [3.8, 4) is 5.13 Å². The van der Waals surface area contributed by atoms with Crippen LogP contribution in [0.4, 0.5) is 10.2 Å². The Morgan fingerprint density at radius 1 is 1.14 bits per heavy atom. The number of hydrogen-bond acceptors (Lipinski definition) is 6. The van der Waals surface area contributed by atoms with Gasteiger partial charge in [0.15, 0.2) is 0 Å². The van der Waals surface area contributed by atoms with Crippen LogP contribution in [-0.4, -0.2) is 46.5 Å². The molecule has 0 unspecified atom stereocenters. The first kappa shape index (κ1) is 24.5. The van der Waals surface area contributed by atoms with Crippen LogP contribution in [0.5, 0.6) is 0 Å². The zero-order valence-corrected chi connectivity index (χ0v) is 20.4. The summed E-state index contributed by atoms with van der Waals surface area (Å²) in [5, 5.41) is 7.66. The van der Waals surface area contributed by atoms with E-state index in [0.717, 1.165) is 0 Å². The van der Waals surface area contributed by atoms with Crippen LogP contribution in [0.25, 0.3) is 15.3 Å². The van der Waals surface area contributed by atoms with Gasteiger partial charge >= 0.3 is 0 Å². The number of rotatable bonds is 9. The number of carbonyl (C=O) groups excluding carboxylic acids is 1. The van der Waals surface area contributed by atoms with Gasteiger partial charge in [-0.2, -0.15) is 14.1 Å². The molecule has 0 atom stereocenters. The third-order valence-electron chi connectivity index (χ3n) is 5.01. The third kappa shape index (κ3) is 5.06. The molecular formula is C24H22FN5O3S2. The fourth-order valence-corrected chi connectivity index (χ4v) is 5.72. The highest BCUT2D eigenvalue weighted by Crippen LogP contribution is 2.28. The summed E-state index contributed by atoms with van der Waals surface area (Å²) in [5.41, 5.74) is 1.53. The Kier molecular flexibility index (Phi) is 6.92. The van der Waals surface area contributed by atoms with Crippen LogP contribution in [0.15, 0.2) is 78.7 Å². The molecule has 0 fully saturated rings. The smallest absolute Gasteiger partial charge is 0.256 e. The van der Waals surface area contributed by atoms with Crippen LogP contribution in [0.1, 0.15) is 16.1 Å². The topological polar surface area (TPSA) is 97.2 Å². The second-order valence-corrected chi connectivity index (χ2v) is 10.5. The number of amides is 1. The number of benzene rings is 2. The first-order valence-corrected chi connectivity index (χ1v) is 12.7. The van der Waals surface area contributed by atoms with Crippen LogP contribution >= 0.6 is 11.3 Å². The van der Waals surface area contributed by atoms with Gasteiger partial charge in [0.25, 0.3) is 5.91 Å². The van der Waals surface area contributed by atoms with E-state index in [1.165, 1.54) is 68.9 Å². The number of thiazole rings is 1. The molecule has 0 aliphatic rings. The van der Waals surface area contributed by atoms with Gasteiger partial charge < -0.3 is 5.32 Å². The lowest BCUT2D eigenvalue weighted by Crippen LogP contribution is -2.31. The predicted octanol–water partition coefficient (Wildman–Crippen LogP) is 4.54. The number of halogens is 1. The Labute approximate surface area is 206 Å². The molecule has 4 aromatic rings. The van der Waals surface area contributed by atoms with Crippen LogP contribution < -0.4 is 5.32 Å². The van der Waals surface area contributed by atoms with Crippen molar-refractivity contribution >= 4 is 43.3 Å². The molecule has 4 rings (SSSR count). The SMILES string of the molecule is C=CCN(CC=C)S(=O)(=O)c1ccc(C(=O)Nc2cc(C)nn2-c2nc3ccc(F)cc3s2)cc1. The Hall–Kier alpha value is -3.67. The van der Waals surface area contributed by atoms with Crippen molar-refractivity contribution in [2.45, 2.75) is 11.8 Å². The maximum absolute atomic E-state index is 13.6. The predicted molar refractivity (Wildman–Crippen MR) is 135 cm³/mol. The molecule has 11 heteroatoms. The summed E-state index contributed by atoms with van der Waals surface area (Å²) in [5.74, 6) is -0.427. The van der Waals surface area contributed by atoms with Gasteiger partial charge in [0.05, 0.1) is 20.8 Å². The summed E-state index contributed by atoms with van der Waals surface area (Å²) in [6.45, 7) is 9.24. The average Bonchev–Trinajstić information content (AvgIpc) is 3.41. The molecule has 0 saturated carbocycles. The van der Waals surface area contributed by atoms with Crippen molar-refractivity contribution in [2.24, 2.45) is 0 Å². The standard InChI is InChI=1S/C24H22FN5O3S2/c1-4-12-29(13-5-2)35(32,33)19-9-6-17(7-10-19)23(31)27-22-14-16(3)28-30(22)24-26-20-11-8-18(25)15-21(20)34-24/h4-11,14-15H,1-2,12-13H2,3H3,(H,27,31). The molecule has 0 aliphatic carbocycles. The average molecular weight is 512 g/mol. The number of aromatic nitrogens is 3. The van der Waals surface area contributed by atoms with Crippen molar-refractivity contribution < 1.29 is 17.6 Å². The van der Waals surface area contributed by atoms with Crippen molar-refractivity contribution in [3.63, 3.8) is 0 Å². The lowest BCUT2D eigenvalue weighted by Gasteiger charge is -2.19. The van der Waals surface area contributed by atoms with E-state index in [-0.39, 0.29) is 29.4 Å². The number of nitrogens with zero attached hydrogens (tertiary/aromatic N) is 4. The van der Waals surface area contributed by atoms with Gasteiger partial charge in [-0.1, -0.05) is 23.5 Å². The summed E-state index contributed by atoms with van der Waals surface area (Å²) in [6.07, 6.45) is 2.99. The molecule has 2 heterocycles. The van der Waals surface area contributed by atoms with Crippen molar-refractivity contribution in [3.05, 3.63) is 90.9 Å². The molecule has 2 aromatic carbocycles. The Morgan fingerprint density at radius 2 is 1.83 bits per heavy atom. The van der Waals surface area contributed by atoms with Gasteiger partial charge in [0, 0.05) is 24.7 Å². The zero-order valence-electron chi connectivity index (χ0n) is 18.8. The van der Waals surface area contributed by atoms with Gasteiger partial charge in [-0.05, 0) is 49.4 Å². The highest BCUT2D eigenvalue weighted by atomic mass is 32.2. The first-order valence-electron chi connectivity index (χ1n) is 10.5. The molecule has 1 N–H and O–H groups in total. The van der Waals surface area contributed by atoms with Gasteiger partial charge in [-0.25, -0.2) is 17.8 Å². The van der Waals surface area contributed by atoms with Crippen molar-refractivity contribution in [2.75, 3.05) is 18.4 Å². The molecule has 2 aromatic heterocycles. The van der Waals surface area contributed by atoms with E-state index in [9.17, 15) is 17.6 Å². The minimum Gasteiger partial charge on any atom is -0.306 e. The minimum atomic E-state index is -3.77. The minimum absolute atomic E-state index is 0.0559. The number of fused-ring (bicyclic) bond motifs is 1. The second kappa shape index (κ2) is 9.90. The summed E-state index contributed by atoms with van der Waals surface area (Å²) < 4.78 is 42.7. The fourth-order valence-electron chi connectivity index (χ4n) is 3.39. The number of aryl methyl sites for hydroxylation is 1. The van der Waals surface area contributed by atoms with E-state index in [4.69, 9.17) is 0 Å². The normalized spacial score (nSPS) is 11.6.